The molecule has 0 N–H and O–H groups in total. The Hall–Kier alpha value is 1.24. The molecule has 0 aliphatic carbocycles. The van der Waals surface area contributed by atoms with Crippen molar-refractivity contribution in [2.75, 3.05) is 9.17 Å². The van der Waals surface area contributed by atoms with Gasteiger partial charge in [-0.05, 0) is 0 Å². The van der Waals surface area contributed by atoms with Gasteiger partial charge in [0.15, 0.2) is 0 Å². The number of rotatable bonds is 2. The molecule has 0 saturated heterocycles. The van der Waals surface area contributed by atoms with E-state index in [0.29, 0.717) is 0 Å². The van der Waals surface area contributed by atoms with Crippen LogP contribution in [0.25, 0.3) is 0 Å². The Labute approximate surface area is 59.2 Å². The molecule has 0 rings (SSSR count). The molecule has 0 amide bonds. The topological polar surface area (TPSA) is 0 Å². The summed E-state index contributed by atoms with van der Waals surface area (Å²) in [4.78, 5) is 0. The second-order valence-corrected chi connectivity index (χ2v) is 16.2. The zero-order valence-electron chi connectivity index (χ0n) is 4.81. The Bertz CT molecular complexity index is 47.7. The first kappa shape index (κ1) is 8.24. The molecule has 0 radical (unpaired) electrons. The van der Waals surface area contributed by atoms with Crippen LogP contribution < -0.4 is 0 Å². The van der Waals surface area contributed by atoms with Crippen LogP contribution in [0, 0.1) is 0 Å². The van der Waals surface area contributed by atoms with Gasteiger partial charge in [-0.2, -0.15) is 0 Å². The molecule has 0 unspecified atom stereocenters. The molecule has 0 bridgehead atoms. The average Bonchev–Trinajstić information content (AvgIpc) is 1.68. The Morgan fingerprint density at radius 1 is 1.14 bits per heavy atom. The molecule has 0 fully saturated rings. The summed E-state index contributed by atoms with van der Waals surface area (Å²) in [7, 11) is 0. The fourth-order valence-electron chi connectivity index (χ4n) is 0.0500. The Morgan fingerprint density at radius 3 is 1.43 bits per heavy atom. The van der Waals surface area contributed by atoms with Crippen LogP contribution in [0.5, 0.6) is 0 Å². The van der Waals surface area contributed by atoms with E-state index in [1.165, 1.54) is 0 Å². The predicted molar refractivity (Wildman–Crippen MR) is 45.2 cm³/mol. The normalized spacial score (nSPS) is 12.0. The first-order valence-corrected chi connectivity index (χ1v) is 10.8. The van der Waals surface area contributed by atoms with Crippen LogP contribution in [0.1, 0.15) is 0 Å². The molecule has 44 valence electrons. The van der Waals surface area contributed by atoms with Crippen molar-refractivity contribution in [1.29, 1.82) is 0 Å². The number of hydrogen-bond donors (Lipinski definition) is 2. The van der Waals surface area contributed by atoms with Gasteiger partial charge >= 0.3 is 59.2 Å². The van der Waals surface area contributed by atoms with E-state index in [0.717, 1.165) is 9.17 Å². The van der Waals surface area contributed by atoms with Crippen LogP contribution in [0.4, 0.5) is 0 Å². The number of thiol groups is 2. The molecule has 3 heteroatoms. The third kappa shape index (κ3) is 3.80. The zero-order valence-corrected chi connectivity index (χ0v) is 8.70. The summed E-state index contributed by atoms with van der Waals surface area (Å²) in [6, 6.07) is 0. The second-order valence-electron chi connectivity index (χ2n) is 2.48. The first-order chi connectivity index (χ1) is 3.12. The Kier molecular flexibility index (Phi) is 3.89. The summed E-state index contributed by atoms with van der Waals surface area (Å²) < 4.78 is 2.20. The van der Waals surface area contributed by atoms with Gasteiger partial charge in [0, 0.05) is 0 Å². The summed E-state index contributed by atoms with van der Waals surface area (Å²) >= 11 is 7.08. The molecule has 0 saturated carbocycles. The van der Waals surface area contributed by atoms with Crippen molar-refractivity contribution in [2.45, 2.75) is 11.5 Å². The molecular formula is C4H12GeS2. The summed E-state index contributed by atoms with van der Waals surface area (Å²) in [5.41, 5.74) is 0. The average molecular weight is 197 g/mol. The van der Waals surface area contributed by atoms with Gasteiger partial charge in [0.1, 0.15) is 0 Å². The van der Waals surface area contributed by atoms with Crippen molar-refractivity contribution < 1.29 is 0 Å². The molecule has 0 nitrogen and oxygen atoms in total. The minimum absolute atomic E-state index is 1.10. The van der Waals surface area contributed by atoms with Gasteiger partial charge in [0.25, 0.3) is 0 Å². The van der Waals surface area contributed by atoms with Crippen LogP contribution in [0.15, 0.2) is 0 Å². The molecule has 0 aliphatic rings. The van der Waals surface area contributed by atoms with Crippen molar-refractivity contribution in [3.8, 4) is 0 Å². The van der Waals surface area contributed by atoms with Gasteiger partial charge in [0.05, 0.1) is 0 Å². The van der Waals surface area contributed by atoms with E-state index >= 15 is 0 Å². The molecule has 0 atom stereocenters. The van der Waals surface area contributed by atoms with Crippen LogP contribution in [0.2, 0.25) is 11.5 Å². The Balaban J connectivity index is 3.36. The summed E-state index contributed by atoms with van der Waals surface area (Å²) in [6.45, 7) is 0. The maximum absolute atomic E-state index is 4.22. The summed E-state index contributed by atoms with van der Waals surface area (Å²) in [5.74, 6) is 4.67. The van der Waals surface area contributed by atoms with Gasteiger partial charge in [0.2, 0.25) is 0 Å². The molecule has 0 aromatic heterocycles. The monoisotopic (exact) mass is 198 g/mol. The predicted octanol–water partition coefficient (Wildman–Crippen LogP) is 1.63. The second kappa shape index (κ2) is 3.30. The standard InChI is InChI=1S/C4H12GeS2/c1-5(2,3-6)4-7/h6-7H,3-4H2,1-2H3. The van der Waals surface area contributed by atoms with Crippen LogP contribution in [-0.4, -0.2) is 22.4 Å². The van der Waals surface area contributed by atoms with Crippen molar-refractivity contribution in [1.82, 2.24) is 0 Å². The molecule has 0 spiro atoms. The van der Waals surface area contributed by atoms with Crippen LogP contribution in [0.3, 0.4) is 0 Å². The molecule has 7 heavy (non-hydrogen) atoms. The molecule has 0 aromatic carbocycles. The fourth-order valence-corrected chi connectivity index (χ4v) is 2.34. The van der Waals surface area contributed by atoms with E-state index in [-0.39, 0.29) is 0 Å². The third-order valence-electron chi connectivity index (χ3n) is 0.856. The number of hydrogen-bond acceptors (Lipinski definition) is 2. The van der Waals surface area contributed by atoms with E-state index in [1.807, 2.05) is 0 Å². The van der Waals surface area contributed by atoms with E-state index in [4.69, 9.17) is 0 Å². The molecule has 0 aliphatic heterocycles. The third-order valence-corrected chi connectivity index (χ3v) is 13.3. The Morgan fingerprint density at radius 2 is 1.43 bits per heavy atom. The van der Waals surface area contributed by atoms with Gasteiger partial charge in [-0.1, -0.05) is 0 Å². The maximum atomic E-state index is 4.22. The molecular weight excluding hydrogens is 185 g/mol. The summed E-state index contributed by atoms with van der Waals surface area (Å²) in [5, 5.41) is 0. The van der Waals surface area contributed by atoms with E-state index in [9.17, 15) is 0 Å². The van der Waals surface area contributed by atoms with Crippen molar-refractivity contribution in [3.63, 3.8) is 0 Å². The van der Waals surface area contributed by atoms with Crippen LogP contribution in [-0.2, 0) is 0 Å². The van der Waals surface area contributed by atoms with E-state index in [2.05, 4.69) is 36.8 Å². The van der Waals surface area contributed by atoms with E-state index in [1.54, 1.807) is 0 Å². The SMILES string of the molecule is [CH3][Ge]([CH3])([CH2]S)[CH2]S. The van der Waals surface area contributed by atoms with Gasteiger partial charge in [-0.3, -0.25) is 0 Å². The van der Waals surface area contributed by atoms with Crippen molar-refractivity contribution in [3.05, 3.63) is 0 Å². The minimum atomic E-state index is -1.35. The molecule has 0 aromatic rings. The first-order valence-electron chi connectivity index (χ1n) is 2.34. The van der Waals surface area contributed by atoms with Crippen LogP contribution >= 0.6 is 25.3 Å². The van der Waals surface area contributed by atoms with Gasteiger partial charge in [-0.25, -0.2) is 0 Å². The van der Waals surface area contributed by atoms with Crippen molar-refractivity contribution in [2.24, 2.45) is 0 Å². The van der Waals surface area contributed by atoms with E-state index < -0.39 is 13.3 Å². The van der Waals surface area contributed by atoms with Gasteiger partial charge in [-0.15, -0.1) is 0 Å². The summed E-state index contributed by atoms with van der Waals surface area (Å²) in [6.07, 6.45) is 0. The fraction of sp³-hybridized carbons (Fsp3) is 1.00. The molecule has 0 heterocycles. The quantitative estimate of drug-likeness (QED) is 0.487. The zero-order chi connectivity index (χ0) is 5.91. The van der Waals surface area contributed by atoms with Gasteiger partial charge < -0.3 is 0 Å². The van der Waals surface area contributed by atoms with Crippen molar-refractivity contribution >= 4 is 38.5 Å².